The summed E-state index contributed by atoms with van der Waals surface area (Å²) in [6.45, 7) is 2.43. The Hall–Kier alpha value is -2.44. The summed E-state index contributed by atoms with van der Waals surface area (Å²) in [6.07, 6.45) is 2.13. The van der Waals surface area contributed by atoms with Gasteiger partial charge in [-0.3, -0.25) is 14.4 Å². The van der Waals surface area contributed by atoms with Crippen LogP contribution in [-0.2, 0) is 14.3 Å². The second-order valence-electron chi connectivity index (χ2n) is 6.94. The molecule has 0 spiro atoms. The Labute approximate surface area is 151 Å². The van der Waals surface area contributed by atoms with Crippen LogP contribution in [0.4, 0.5) is 4.39 Å². The normalized spacial score (nSPS) is 18.9. The zero-order valence-electron chi connectivity index (χ0n) is 14.7. The fourth-order valence-corrected chi connectivity index (χ4v) is 2.96. The number of rotatable bonds is 5. The van der Waals surface area contributed by atoms with E-state index < -0.39 is 12.1 Å². The van der Waals surface area contributed by atoms with Crippen molar-refractivity contribution in [1.82, 2.24) is 10.2 Å². The number of amides is 2. The Morgan fingerprint density at radius 1 is 1.12 bits per heavy atom. The number of carbonyl (C=O) groups excluding carboxylic acids is 3. The Morgan fingerprint density at radius 3 is 2.31 bits per heavy atom. The van der Waals surface area contributed by atoms with Crippen LogP contribution in [0.5, 0.6) is 0 Å². The Kier molecular flexibility index (Phi) is 5.54. The summed E-state index contributed by atoms with van der Waals surface area (Å²) in [7, 11) is 0. The summed E-state index contributed by atoms with van der Waals surface area (Å²) in [5.74, 6) is -1.53. The van der Waals surface area contributed by atoms with Crippen molar-refractivity contribution in [3.8, 4) is 0 Å². The molecule has 1 atom stereocenters. The van der Waals surface area contributed by atoms with Crippen molar-refractivity contribution in [3.63, 3.8) is 0 Å². The SMILES string of the molecule is C[C@H](OC(=O)C1CCN(C(=O)c2ccc(F)cc2)CC1)C(=O)NC1CC1. The molecule has 1 heterocycles. The molecule has 26 heavy (non-hydrogen) atoms. The molecule has 1 saturated carbocycles. The largest absolute Gasteiger partial charge is 0.452 e. The van der Waals surface area contributed by atoms with Gasteiger partial charge in [-0.15, -0.1) is 0 Å². The average Bonchev–Trinajstić information content (AvgIpc) is 3.45. The minimum absolute atomic E-state index is 0.172. The molecule has 6 nitrogen and oxygen atoms in total. The predicted octanol–water partition coefficient (Wildman–Crippen LogP) is 1.89. The van der Waals surface area contributed by atoms with Gasteiger partial charge in [-0.05, 0) is 56.9 Å². The van der Waals surface area contributed by atoms with E-state index in [0.717, 1.165) is 12.8 Å². The molecule has 2 amide bonds. The standard InChI is InChI=1S/C19H23FN2O4/c1-12(17(23)21-16-6-7-16)26-19(25)14-8-10-22(11-9-14)18(24)13-2-4-15(20)5-3-13/h2-5,12,14,16H,6-11H2,1H3,(H,21,23)/t12-/m0/s1. The van der Waals surface area contributed by atoms with Gasteiger partial charge in [-0.2, -0.15) is 0 Å². The third-order valence-electron chi connectivity index (χ3n) is 4.79. The van der Waals surface area contributed by atoms with Gasteiger partial charge in [-0.1, -0.05) is 0 Å². The summed E-state index contributed by atoms with van der Waals surface area (Å²) < 4.78 is 18.2. The van der Waals surface area contributed by atoms with Gasteiger partial charge in [0.05, 0.1) is 5.92 Å². The molecule has 7 heteroatoms. The smallest absolute Gasteiger partial charge is 0.309 e. The molecular weight excluding hydrogens is 339 g/mol. The molecule has 0 unspecified atom stereocenters. The van der Waals surface area contributed by atoms with Gasteiger partial charge >= 0.3 is 5.97 Å². The van der Waals surface area contributed by atoms with Gasteiger partial charge in [0, 0.05) is 24.7 Å². The van der Waals surface area contributed by atoms with E-state index in [-0.39, 0.29) is 29.6 Å². The molecule has 1 saturated heterocycles. The maximum atomic E-state index is 13.0. The van der Waals surface area contributed by atoms with Crippen LogP contribution in [0.15, 0.2) is 24.3 Å². The first-order chi connectivity index (χ1) is 12.4. The molecule has 0 radical (unpaired) electrons. The van der Waals surface area contributed by atoms with Crippen LogP contribution in [-0.4, -0.2) is 47.9 Å². The topological polar surface area (TPSA) is 75.7 Å². The van der Waals surface area contributed by atoms with E-state index in [1.54, 1.807) is 11.8 Å². The minimum atomic E-state index is -0.804. The molecule has 1 aliphatic heterocycles. The summed E-state index contributed by atoms with van der Waals surface area (Å²) in [4.78, 5) is 38.2. The third-order valence-corrected chi connectivity index (χ3v) is 4.79. The number of likely N-dealkylation sites (tertiary alicyclic amines) is 1. The van der Waals surface area contributed by atoms with Gasteiger partial charge in [-0.25, -0.2) is 4.39 Å². The van der Waals surface area contributed by atoms with Crippen molar-refractivity contribution < 1.29 is 23.5 Å². The number of ether oxygens (including phenoxy) is 1. The van der Waals surface area contributed by atoms with Crippen LogP contribution >= 0.6 is 0 Å². The number of nitrogens with one attached hydrogen (secondary N) is 1. The lowest BCUT2D eigenvalue weighted by atomic mass is 9.96. The van der Waals surface area contributed by atoms with E-state index in [9.17, 15) is 18.8 Å². The highest BCUT2D eigenvalue weighted by atomic mass is 19.1. The number of hydrogen-bond acceptors (Lipinski definition) is 4. The highest BCUT2D eigenvalue weighted by molar-refractivity contribution is 5.94. The maximum Gasteiger partial charge on any atom is 0.309 e. The second-order valence-corrected chi connectivity index (χ2v) is 6.94. The van der Waals surface area contributed by atoms with Crippen molar-refractivity contribution in [2.24, 2.45) is 5.92 Å². The predicted molar refractivity (Wildman–Crippen MR) is 91.7 cm³/mol. The Balaban J connectivity index is 1.46. The molecule has 2 fully saturated rings. The van der Waals surface area contributed by atoms with Crippen LogP contribution in [0.2, 0.25) is 0 Å². The summed E-state index contributed by atoms with van der Waals surface area (Å²) in [5, 5.41) is 2.81. The highest BCUT2D eigenvalue weighted by Gasteiger charge is 2.32. The van der Waals surface area contributed by atoms with Crippen molar-refractivity contribution >= 4 is 17.8 Å². The monoisotopic (exact) mass is 362 g/mol. The zero-order valence-corrected chi connectivity index (χ0v) is 14.7. The van der Waals surface area contributed by atoms with Crippen molar-refractivity contribution in [3.05, 3.63) is 35.6 Å². The zero-order chi connectivity index (χ0) is 18.7. The van der Waals surface area contributed by atoms with Crippen LogP contribution in [0.25, 0.3) is 0 Å². The lowest BCUT2D eigenvalue weighted by molar-refractivity contribution is -0.160. The fraction of sp³-hybridized carbons (Fsp3) is 0.526. The van der Waals surface area contributed by atoms with Gasteiger partial charge in [0.1, 0.15) is 5.82 Å². The first-order valence-corrected chi connectivity index (χ1v) is 8.99. The number of benzene rings is 1. The molecule has 0 bridgehead atoms. The summed E-state index contributed by atoms with van der Waals surface area (Å²) in [5.41, 5.74) is 0.429. The lowest BCUT2D eigenvalue weighted by Crippen LogP contribution is -2.42. The molecule has 2 aliphatic rings. The maximum absolute atomic E-state index is 13.0. The molecule has 1 aromatic rings. The van der Waals surface area contributed by atoms with E-state index in [1.165, 1.54) is 24.3 Å². The number of piperidine rings is 1. The molecule has 3 rings (SSSR count). The molecule has 140 valence electrons. The van der Waals surface area contributed by atoms with E-state index in [4.69, 9.17) is 4.74 Å². The van der Waals surface area contributed by atoms with Gasteiger partial charge < -0.3 is 15.0 Å². The van der Waals surface area contributed by atoms with E-state index in [0.29, 0.717) is 31.5 Å². The second kappa shape index (κ2) is 7.85. The molecular formula is C19H23FN2O4. The van der Waals surface area contributed by atoms with Gasteiger partial charge in [0.2, 0.25) is 0 Å². The fourth-order valence-electron chi connectivity index (χ4n) is 2.96. The summed E-state index contributed by atoms with van der Waals surface area (Å²) >= 11 is 0. The van der Waals surface area contributed by atoms with Crippen LogP contribution in [0.1, 0.15) is 43.0 Å². The van der Waals surface area contributed by atoms with Crippen LogP contribution < -0.4 is 5.32 Å². The van der Waals surface area contributed by atoms with Crippen LogP contribution in [0, 0.1) is 11.7 Å². The number of halogens is 1. The van der Waals surface area contributed by atoms with E-state index >= 15 is 0 Å². The van der Waals surface area contributed by atoms with E-state index in [2.05, 4.69) is 5.32 Å². The van der Waals surface area contributed by atoms with Gasteiger partial charge in [0.15, 0.2) is 6.10 Å². The minimum Gasteiger partial charge on any atom is -0.452 e. The van der Waals surface area contributed by atoms with Crippen molar-refractivity contribution in [2.75, 3.05) is 13.1 Å². The highest BCUT2D eigenvalue weighted by Crippen LogP contribution is 2.22. The molecule has 0 aromatic heterocycles. The van der Waals surface area contributed by atoms with Crippen molar-refractivity contribution in [2.45, 2.75) is 44.8 Å². The number of nitrogens with zero attached hydrogens (tertiary/aromatic N) is 1. The third kappa shape index (κ3) is 4.59. The molecule has 1 aromatic carbocycles. The number of carbonyl (C=O) groups is 3. The Morgan fingerprint density at radius 2 is 1.73 bits per heavy atom. The van der Waals surface area contributed by atoms with Crippen molar-refractivity contribution in [1.29, 1.82) is 0 Å². The van der Waals surface area contributed by atoms with Gasteiger partial charge in [0.25, 0.3) is 11.8 Å². The average molecular weight is 362 g/mol. The Bertz CT molecular complexity index is 679. The first kappa shape index (κ1) is 18.4. The van der Waals surface area contributed by atoms with Crippen LogP contribution in [0.3, 0.4) is 0 Å². The quantitative estimate of drug-likeness (QED) is 0.812. The first-order valence-electron chi connectivity index (χ1n) is 8.99. The summed E-state index contributed by atoms with van der Waals surface area (Å²) in [6, 6.07) is 5.65. The number of esters is 1. The molecule has 1 N–H and O–H groups in total. The molecule has 1 aliphatic carbocycles. The van der Waals surface area contributed by atoms with E-state index in [1.807, 2.05) is 0 Å². The lowest BCUT2D eigenvalue weighted by Gasteiger charge is -2.31. The number of hydrogen-bond donors (Lipinski definition) is 1.